The summed E-state index contributed by atoms with van der Waals surface area (Å²) < 4.78 is 19.6. The van der Waals surface area contributed by atoms with Gasteiger partial charge < -0.3 is 29.4 Å². The molecule has 0 aliphatic carbocycles. The van der Waals surface area contributed by atoms with E-state index >= 15 is 0 Å². The zero-order valence-corrected chi connectivity index (χ0v) is 27.4. The second kappa shape index (κ2) is 13.9. The maximum absolute atomic E-state index is 12.9. The van der Waals surface area contributed by atoms with E-state index in [0.717, 1.165) is 11.1 Å². The molecule has 5 rings (SSSR count). The topological polar surface area (TPSA) is 128 Å². The van der Waals surface area contributed by atoms with Gasteiger partial charge in [-0.1, -0.05) is 42.5 Å². The highest BCUT2D eigenvalue weighted by Crippen LogP contribution is 2.47. The monoisotopic (exact) mass is 630 g/mol. The number of aryl methyl sites for hydroxylation is 1. The van der Waals surface area contributed by atoms with Crippen molar-refractivity contribution in [2.75, 3.05) is 26.1 Å². The van der Waals surface area contributed by atoms with Gasteiger partial charge in [-0.25, -0.2) is 0 Å². The van der Waals surface area contributed by atoms with Crippen LogP contribution in [0.5, 0.6) is 11.5 Å². The van der Waals surface area contributed by atoms with Crippen molar-refractivity contribution < 1.29 is 28.9 Å². The number of rotatable bonds is 12. The Morgan fingerprint density at radius 2 is 1.82 bits per heavy atom. The lowest BCUT2D eigenvalue weighted by Gasteiger charge is -2.43. The van der Waals surface area contributed by atoms with Crippen LogP contribution in [0, 0.1) is 5.92 Å². The van der Waals surface area contributed by atoms with Gasteiger partial charge in [0.1, 0.15) is 17.6 Å². The zero-order chi connectivity index (χ0) is 32.1. The van der Waals surface area contributed by atoms with Crippen LogP contribution in [0.1, 0.15) is 52.5 Å². The van der Waals surface area contributed by atoms with E-state index in [1.165, 1.54) is 0 Å². The molecule has 0 radical (unpaired) electrons. The minimum absolute atomic E-state index is 0.0694. The van der Waals surface area contributed by atoms with Crippen molar-refractivity contribution in [2.24, 2.45) is 5.92 Å². The Kier molecular flexibility index (Phi) is 10.0. The van der Waals surface area contributed by atoms with Crippen molar-refractivity contribution in [3.05, 3.63) is 101 Å². The van der Waals surface area contributed by atoms with Gasteiger partial charge in [0.05, 0.1) is 31.4 Å². The Hall–Kier alpha value is -4.03. The fourth-order valence-electron chi connectivity index (χ4n) is 6.23. The number of nitrogens with one attached hydrogen (secondary N) is 1. The van der Waals surface area contributed by atoms with Crippen LogP contribution >= 0.6 is 0 Å². The SMILES string of the molecule is COc1ccc(C(=O)Nc2ccc3c(c2)[C@H](OC)[C@@H](C)[C@H](C(CCn2cc(C(CO)c4ccccc4)nn2)[Si](C)(C)O)O3)cc1. The number of aromatic nitrogens is 3. The number of hydrogen-bond acceptors (Lipinski definition) is 8. The van der Waals surface area contributed by atoms with Gasteiger partial charge in [-0.2, -0.15) is 0 Å². The maximum Gasteiger partial charge on any atom is 0.255 e. The summed E-state index contributed by atoms with van der Waals surface area (Å²) in [5.41, 5.74) is 3.55. The highest BCUT2D eigenvalue weighted by atomic mass is 28.4. The fourth-order valence-corrected chi connectivity index (χ4v) is 8.24. The number of anilines is 1. The van der Waals surface area contributed by atoms with Crippen LogP contribution in [-0.4, -0.2) is 66.1 Å². The number of carbonyl (C=O) groups is 1. The van der Waals surface area contributed by atoms with Crippen LogP contribution in [0.3, 0.4) is 0 Å². The Morgan fingerprint density at radius 1 is 1.09 bits per heavy atom. The van der Waals surface area contributed by atoms with Gasteiger partial charge in [0, 0.05) is 48.1 Å². The molecular weight excluding hydrogens is 588 g/mol. The normalized spacial score (nSPS) is 19.2. The van der Waals surface area contributed by atoms with Crippen molar-refractivity contribution in [2.45, 2.75) is 56.7 Å². The van der Waals surface area contributed by atoms with Gasteiger partial charge in [-0.05, 0) is 67.5 Å². The Balaban J connectivity index is 1.32. The first kappa shape index (κ1) is 32.4. The summed E-state index contributed by atoms with van der Waals surface area (Å²) in [7, 11) is 0.526. The molecule has 2 heterocycles. The smallest absolute Gasteiger partial charge is 0.255 e. The average Bonchev–Trinajstić information content (AvgIpc) is 3.50. The molecule has 11 heteroatoms. The van der Waals surface area contributed by atoms with Crippen LogP contribution in [0.15, 0.2) is 79.0 Å². The molecule has 3 aromatic carbocycles. The predicted molar refractivity (Wildman–Crippen MR) is 174 cm³/mol. The molecular formula is C34H42N4O6Si. The van der Waals surface area contributed by atoms with Gasteiger partial charge in [0.2, 0.25) is 0 Å². The Morgan fingerprint density at radius 3 is 2.47 bits per heavy atom. The number of nitrogens with zero attached hydrogens (tertiary/aromatic N) is 3. The van der Waals surface area contributed by atoms with Gasteiger partial charge in [-0.15, -0.1) is 5.10 Å². The minimum atomic E-state index is -2.73. The van der Waals surface area contributed by atoms with E-state index in [1.54, 1.807) is 43.2 Å². The number of carbonyl (C=O) groups excluding carboxylic acids is 1. The number of aliphatic hydroxyl groups excluding tert-OH is 1. The number of aliphatic hydroxyl groups is 1. The summed E-state index contributed by atoms with van der Waals surface area (Å²) in [5.74, 6) is 0.786. The highest BCUT2D eigenvalue weighted by molar-refractivity contribution is 6.71. The van der Waals surface area contributed by atoms with E-state index in [9.17, 15) is 14.7 Å². The summed E-state index contributed by atoms with van der Waals surface area (Å²) in [5, 5.41) is 21.7. The molecule has 4 aromatic rings. The third kappa shape index (κ3) is 7.28. The first-order valence-electron chi connectivity index (χ1n) is 15.2. The number of methoxy groups -OCH3 is 2. The molecule has 0 bridgehead atoms. The molecule has 3 N–H and O–H groups in total. The molecule has 45 heavy (non-hydrogen) atoms. The fraction of sp³-hybridized carbons (Fsp3) is 0.382. The van der Waals surface area contributed by atoms with Crippen LogP contribution in [-0.2, 0) is 11.3 Å². The van der Waals surface area contributed by atoms with Gasteiger partial charge >= 0.3 is 0 Å². The maximum atomic E-state index is 12.9. The third-order valence-corrected chi connectivity index (χ3v) is 11.1. The molecule has 0 saturated carbocycles. The molecule has 1 aliphatic heterocycles. The number of benzene rings is 3. The van der Waals surface area contributed by atoms with E-state index in [0.29, 0.717) is 41.4 Å². The molecule has 0 saturated heterocycles. The number of fused-ring (bicyclic) bond motifs is 1. The lowest BCUT2D eigenvalue weighted by Crippen LogP contribution is -2.48. The van der Waals surface area contributed by atoms with Gasteiger partial charge in [0.25, 0.3) is 5.91 Å². The van der Waals surface area contributed by atoms with Crippen LogP contribution in [0.4, 0.5) is 5.69 Å². The molecule has 238 valence electrons. The standard InChI is InChI=1S/C34H42N4O6Si/c1-22-32(43-3)27-19-25(35-34(40)24-11-14-26(42-2)15-12-24)13-16-30(27)44-33(22)31(45(4,5)41)17-18-38-20-29(36-37-38)28(21-39)23-9-7-6-8-10-23/h6-16,19-20,22,28,31-33,39,41H,17-18,21H2,1-5H3,(H,35,40)/t22-,28?,31?,32-,33-/m1/s1. The quantitative estimate of drug-likeness (QED) is 0.178. The molecule has 0 spiro atoms. The van der Waals surface area contributed by atoms with Crippen LogP contribution in [0.25, 0.3) is 0 Å². The summed E-state index contributed by atoms with van der Waals surface area (Å²) in [6.07, 6.45) is 1.90. The van der Waals surface area contributed by atoms with Crippen LogP contribution in [0.2, 0.25) is 18.6 Å². The molecule has 10 nitrogen and oxygen atoms in total. The molecule has 5 atom stereocenters. The molecule has 1 amide bonds. The summed E-state index contributed by atoms with van der Waals surface area (Å²) in [6.45, 7) is 6.42. The second-order valence-corrected chi connectivity index (χ2v) is 16.2. The van der Waals surface area contributed by atoms with Gasteiger partial charge in [-0.3, -0.25) is 9.48 Å². The van der Waals surface area contributed by atoms with Gasteiger partial charge in [0.15, 0.2) is 8.32 Å². The lowest BCUT2D eigenvalue weighted by atomic mass is 9.86. The van der Waals surface area contributed by atoms with Crippen molar-refractivity contribution >= 4 is 19.9 Å². The lowest BCUT2D eigenvalue weighted by molar-refractivity contribution is -0.0247. The van der Waals surface area contributed by atoms with Crippen LogP contribution < -0.4 is 14.8 Å². The molecule has 0 fully saturated rings. The summed E-state index contributed by atoms with van der Waals surface area (Å²) >= 11 is 0. The number of ether oxygens (including phenoxy) is 3. The third-order valence-electron chi connectivity index (χ3n) is 8.71. The minimum Gasteiger partial charge on any atom is -0.497 e. The summed E-state index contributed by atoms with van der Waals surface area (Å²) in [6, 6.07) is 22.3. The molecule has 1 aromatic heterocycles. The van der Waals surface area contributed by atoms with Crippen molar-refractivity contribution in [1.82, 2.24) is 15.0 Å². The number of amides is 1. The number of hydrogen-bond donors (Lipinski definition) is 3. The first-order chi connectivity index (χ1) is 21.6. The van der Waals surface area contributed by atoms with Crippen molar-refractivity contribution in [1.29, 1.82) is 0 Å². The first-order valence-corrected chi connectivity index (χ1v) is 18.2. The zero-order valence-electron chi connectivity index (χ0n) is 26.4. The predicted octanol–water partition coefficient (Wildman–Crippen LogP) is 5.41. The Labute approximate surface area is 265 Å². The molecule has 2 unspecified atom stereocenters. The highest BCUT2D eigenvalue weighted by Gasteiger charge is 2.46. The van der Waals surface area contributed by atoms with Crippen molar-refractivity contribution in [3.8, 4) is 11.5 Å². The molecule has 1 aliphatic rings. The van der Waals surface area contributed by atoms with Crippen molar-refractivity contribution in [3.63, 3.8) is 0 Å². The van der Waals surface area contributed by atoms with E-state index in [1.807, 2.05) is 67.8 Å². The Bertz CT molecular complexity index is 1570. The summed E-state index contributed by atoms with van der Waals surface area (Å²) in [4.78, 5) is 24.4. The van der Waals surface area contributed by atoms with E-state index < -0.39 is 8.32 Å². The average molecular weight is 631 g/mol. The largest absolute Gasteiger partial charge is 0.497 e. The van der Waals surface area contributed by atoms with E-state index in [2.05, 4.69) is 22.6 Å². The second-order valence-electron chi connectivity index (χ2n) is 12.1. The van der Waals surface area contributed by atoms with E-state index in [4.69, 9.17) is 14.2 Å². The van der Waals surface area contributed by atoms with E-state index in [-0.39, 0.29) is 42.1 Å².